The van der Waals surface area contributed by atoms with Gasteiger partial charge in [0.2, 0.25) is 0 Å². The van der Waals surface area contributed by atoms with Crippen LogP contribution in [0.2, 0.25) is 0 Å². The summed E-state index contributed by atoms with van der Waals surface area (Å²) >= 11 is 0. The second-order valence-corrected chi connectivity index (χ2v) is 6.71. The summed E-state index contributed by atoms with van der Waals surface area (Å²) in [6.45, 7) is 0.267. The molecule has 1 aromatic heterocycles. The van der Waals surface area contributed by atoms with Crippen molar-refractivity contribution < 1.29 is 40.5 Å². The van der Waals surface area contributed by atoms with Gasteiger partial charge in [0.1, 0.15) is 5.69 Å². The standard InChI is InChI=1S/C12H12F3N3O6S/c13-12(14,15)25(22,23)24-9-4-3-8(16-17-9)10(19)7-2-1-5-18(6-7)11(20)21/h3-4,7H,1-2,5-6H2,(H,20,21). The summed E-state index contributed by atoms with van der Waals surface area (Å²) in [5.74, 6) is -2.14. The number of carbonyl (C=O) groups is 2. The fourth-order valence-electron chi connectivity index (χ4n) is 2.23. The number of halogens is 3. The number of hydrogen-bond acceptors (Lipinski definition) is 7. The van der Waals surface area contributed by atoms with Gasteiger partial charge >= 0.3 is 21.7 Å². The van der Waals surface area contributed by atoms with Crippen molar-refractivity contribution in [2.75, 3.05) is 13.1 Å². The number of rotatable bonds is 4. The van der Waals surface area contributed by atoms with Gasteiger partial charge in [-0.1, -0.05) is 0 Å². The molecular weight excluding hydrogens is 371 g/mol. The molecule has 0 saturated carbocycles. The van der Waals surface area contributed by atoms with E-state index in [-0.39, 0.29) is 12.2 Å². The Morgan fingerprint density at radius 2 is 1.96 bits per heavy atom. The number of likely N-dealkylation sites (tertiary alicyclic amines) is 1. The van der Waals surface area contributed by atoms with E-state index in [0.29, 0.717) is 19.4 Å². The summed E-state index contributed by atoms with van der Waals surface area (Å²) in [4.78, 5) is 24.3. The van der Waals surface area contributed by atoms with Crippen molar-refractivity contribution in [3.05, 3.63) is 17.8 Å². The second kappa shape index (κ2) is 6.82. The fraction of sp³-hybridized carbons (Fsp3) is 0.500. The molecule has 1 aliphatic heterocycles. The Labute approximate surface area is 139 Å². The Bertz CT molecular complexity index is 765. The highest BCUT2D eigenvalue weighted by atomic mass is 32.2. The van der Waals surface area contributed by atoms with E-state index in [1.54, 1.807) is 0 Å². The number of amides is 1. The minimum absolute atomic E-state index is 0.0312. The Hall–Kier alpha value is -2.44. The molecule has 1 aliphatic rings. The van der Waals surface area contributed by atoms with Gasteiger partial charge in [0.05, 0.1) is 0 Å². The summed E-state index contributed by atoms with van der Waals surface area (Å²) in [6.07, 6.45) is -0.267. The molecule has 1 amide bonds. The zero-order valence-electron chi connectivity index (χ0n) is 12.4. The van der Waals surface area contributed by atoms with Crippen LogP contribution in [0.25, 0.3) is 0 Å². The average Bonchev–Trinajstić information content (AvgIpc) is 2.53. The first-order valence-electron chi connectivity index (χ1n) is 6.88. The normalized spacial score (nSPS) is 18.7. The molecule has 138 valence electrons. The van der Waals surface area contributed by atoms with E-state index in [4.69, 9.17) is 5.11 Å². The number of carbonyl (C=O) groups excluding carboxylic acids is 1. The molecule has 1 aromatic rings. The lowest BCUT2D eigenvalue weighted by Crippen LogP contribution is -2.41. The molecule has 13 heteroatoms. The van der Waals surface area contributed by atoms with E-state index in [0.717, 1.165) is 17.0 Å². The van der Waals surface area contributed by atoms with Gasteiger partial charge in [0, 0.05) is 25.1 Å². The first kappa shape index (κ1) is 18.9. The zero-order valence-corrected chi connectivity index (χ0v) is 13.2. The Morgan fingerprint density at radius 1 is 1.28 bits per heavy atom. The number of piperidine rings is 1. The van der Waals surface area contributed by atoms with Crippen molar-refractivity contribution in [3.63, 3.8) is 0 Å². The highest BCUT2D eigenvalue weighted by molar-refractivity contribution is 7.87. The topological polar surface area (TPSA) is 127 Å². The van der Waals surface area contributed by atoms with Gasteiger partial charge in [-0.2, -0.15) is 21.6 Å². The molecule has 25 heavy (non-hydrogen) atoms. The summed E-state index contributed by atoms with van der Waals surface area (Å²) in [5, 5.41) is 15.5. The number of nitrogens with zero attached hydrogens (tertiary/aromatic N) is 3. The molecule has 0 bridgehead atoms. The van der Waals surface area contributed by atoms with Crippen LogP contribution < -0.4 is 4.18 Å². The van der Waals surface area contributed by atoms with Crippen molar-refractivity contribution in [2.24, 2.45) is 5.92 Å². The van der Waals surface area contributed by atoms with E-state index < -0.39 is 39.3 Å². The summed E-state index contributed by atoms with van der Waals surface area (Å²) in [5.41, 5.74) is -5.85. The maximum absolute atomic E-state index is 12.3. The van der Waals surface area contributed by atoms with Crippen LogP contribution in [0.3, 0.4) is 0 Å². The van der Waals surface area contributed by atoms with E-state index in [9.17, 15) is 31.2 Å². The van der Waals surface area contributed by atoms with Gasteiger partial charge in [0.25, 0.3) is 5.88 Å². The fourth-order valence-corrected chi connectivity index (χ4v) is 2.64. The van der Waals surface area contributed by atoms with Crippen LogP contribution in [0.4, 0.5) is 18.0 Å². The predicted molar refractivity (Wildman–Crippen MR) is 74.3 cm³/mol. The van der Waals surface area contributed by atoms with Crippen LogP contribution >= 0.6 is 0 Å². The molecule has 0 aliphatic carbocycles. The lowest BCUT2D eigenvalue weighted by molar-refractivity contribution is -0.0501. The quantitative estimate of drug-likeness (QED) is 0.468. The van der Waals surface area contributed by atoms with Crippen LogP contribution in [0.1, 0.15) is 23.3 Å². The van der Waals surface area contributed by atoms with Crippen LogP contribution in [-0.4, -0.2) is 59.1 Å². The molecule has 1 fully saturated rings. The first-order chi connectivity index (χ1) is 11.5. The maximum Gasteiger partial charge on any atom is 0.534 e. The molecule has 1 N–H and O–H groups in total. The summed E-state index contributed by atoms with van der Waals surface area (Å²) in [7, 11) is -5.88. The van der Waals surface area contributed by atoms with E-state index in [2.05, 4.69) is 14.4 Å². The summed E-state index contributed by atoms with van der Waals surface area (Å²) in [6, 6.07) is 1.73. The number of carboxylic acid groups (broad SMARTS) is 1. The smallest absolute Gasteiger partial charge is 0.465 e. The molecule has 1 unspecified atom stereocenters. The second-order valence-electron chi connectivity index (χ2n) is 5.17. The predicted octanol–water partition coefficient (Wildman–Crippen LogP) is 1.28. The molecule has 2 rings (SSSR count). The lowest BCUT2D eigenvalue weighted by atomic mass is 9.92. The number of hydrogen-bond donors (Lipinski definition) is 1. The Kier molecular flexibility index (Phi) is 5.15. The van der Waals surface area contributed by atoms with Crippen LogP contribution in [0, 0.1) is 5.92 Å². The van der Waals surface area contributed by atoms with Gasteiger partial charge in [0.15, 0.2) is 5.78 Å². The highest BCUT2D eigenvalue weighted by Gasteiger charge is 2.49. The minimum atomic E-state index is -5.88. The molecule has 0 aromatic carbocycles. The number of alkyl halides is 3. The van der Waals surface area contributed by atoms with Crippen molar-refractivity contribution in [1.82, 2.24) is 15.1 Å². The SMILES string of the molecule is O=C(c1ccc(OS(=O)(=O)C(F)(F)F)nn1)C1CCCN(C(=O)O)C1. The molecule has 1 saturated heterocycles. The molecule has 1 atom stereocenters. The number of aromatic nitrogens is 2. The third-order valence-corrected chi connectivity index (χ3v) is 4.39. The van der Waals surface area contributed by atoms with E-state index in [1.807, 2.05) is 0 Å². The van der Waals surface area contributed by atoms with Crippen LogP contribution in [0.15, 0.2) is 12.1 Å². The molecule has 0 radical (unpaired) electrons. The van der Waals surface area contributed by atoms with Gasteiger partial charge in [-0.15, -0.1) is 10.2 Å². The van der Waals surface area contributed by atoms with Crippen molar-refractivity contribution >= 4 is 22.0 Å². The lowest BCUT2D eigenvalue weighted by Gasteiger charge is -2.29. The van der Waals surface area contributed by atoms with Crippen molar-refractivity contribution in [2.45, 2.75) is 18.3 Å². The van der Waals surface area contributed by atoms with Crippen molar-refractivity contribution in [3.8, 4) is 5.88 Å². The monoisotopic (exact) mass is 383 g/mol. The third-order valence-electron chi connectivity index (χ3n) is 3.43. The molecule has 9 nitrogen and oxygen atoms in total. The van der Waals surface area contributed by atoms with E-state index in [1.165, 1.54) is 0 Å². The zero-order chi connectivity index (χ0) is 18.8. The van der Waals surface area contributed by atoms with Gasteiger partial charge in [-0.25, -0.2) is 4.79 Å². The van der Waals surface area contributed by atoms with Gasteiger partial charge in [-0.3, -0.25) is 4.79 Å². The molecule has 2 heterocycles. The van der Waals surface area contributed by atoms with Gasteiger partial charge in [-0.05, 0) is 18.9 Å². The van der Waals surface area contributed by atoms with Crippen LogP contribution in [0.5, 0.6) is 5.88 Å². The highest BCUT2D eigenvalue weighted by Crippen LogP contribution is 2.26. The largest absolute Gasteiger partial charge is 0.534 e. The Morgan fingerprint density at radius 3 is 2.48 bits per heavy atom. The number of Topliss-reactive ketones (excluding diaryl/α,β-unsaturated/α-hetero) is 1. The molecule has 0 spiro atoms. The maximum atomic E-state index is 12.3. The number of ketones is 1. The molecular formula is C12H12F3N3O6S. The van der Waals surface area contributed by atoms with Crippen LogP contribution in [-0.2, 0) is 10.1 Å². The van der Waals surface area contributed by atoms with Gasteiger partial charge < -0.3 is 14.2 Å². The first-order valence-corrected chi connectivity index (χ1v) is 8.28. The third kappa shape index (κ3) is 4.35. The summed E-state index contributed by atoms with van der Waals surface area (Å²) < 4.78 is 62.1. The minimum Gasteiger partial charge on any atom is -0.465 e. The van der Waals surface area contributed by atoms with E-state index >= 15 is 0 Å². The Balaban J connectivity index is 2.09. The van der Waals surface area contributed by atoms with Crippen molar-refractivity contribution in [1.29, 1.82) is 0 Å². The average molecular weight is 383 g/mol.